The van der Waals surface area contributed by atoms with E-state index in [0.717, 1.165) is 6.42 Å². The molecule has 1 heteroatoms. The van der Waals surface area contributed by atoms with E-state index in [9.17, 15) is 5.11 Å². The topological polar surface area (TPSA) is 20.2 Å². The molecule has 1 aliphatic rings. The van der Waals surface area contributed by atoms with Gasteiger partial charge < -0.3 is 5.11 Å². The van der Waals surface area contributed by atoms with E-state index in [1.807, 2.05) is 0 Å². The minimum absolute atomic E-state index is 0.00634. The molecule has 0 bridgehead atoms. The number of hydrogen-bond donors (Lipinski definition) is 1. The van der Waals surface area contributed by atoms with E-state index in [-0.39, 0.29) is 6.10 Å². The Bertz CT molecular complexity index is 116. The molecule has 0 aromatic carbocycles. The molecule has 1 nitrogen and oxygen atoms in total. The standard InChI is InChI=1S/C12H24O/c1-2-3-5-10-12(13)11-8-6-4-7-9-11/h11-13H,2-10H2,1H3. The van der Waals surface area contributed by atoms with Gasteiger partial charge in [0.05, 0.1) is 6.10 Å². The Morgan fingerprint density at radius 2 is 1.85 bits per heavy atom. The van der Waals surface area contributed by atoms with Crippen LogP contribution in [0.1, 0.15) is 64.7 Å². The third kappa shape index (κ3) is 4.12. The maximum atomic E-state index is 9.90. The fourth-order valence-corrected chi connectivity index (χ4v) is 2.36. The predicted molar refractivity (Wildman–Crippen MR) is 56.7 cm³/mol. The molecule has 0 heterocycles. The molecule has 0 spiro atoms. The number of aliphatic hydroxyl groups excluding tert-OH is 1. The summed E-state index contributed by atoms with van der Waals surface area (Å²) in [7, 11) is 0. The van der Waals surface area contributed by atoms with Gasteiger partial charge in [-0.1, -0.05) is 45.4 Å². The van der Waals surface area contributed by atoms with Gasteiger partial charge in [0.1, 0.15) is 0 Å². The lowest BCUT2D eigenvalue weighted by molar-refractivity contribution is 0.0749. The molecular formula is C12H24O. The molecule has 0 amide bonds. The lowest BCUT2D eigenvalue weighted by atomic mass is 9.83. The van der Waals surface area contributed by atoms with Gasteiger partial charge >= 0.3 is 0 Å². The van der Waals surface area contributed by atoms with Crippen LogP contribution >= 0.6 is 0 Å². The number of rotatable bonds is 5. The van der Waals surface area contributed by atoms with E-state index >= 15 is 0 Å². The average molecular weight is 184 g/mol. The Hall–Kier alpha value is -0.0400. The highest BCUT2D eigenvalue weighted by Crippen LogP contribution is 2.28. The second kappa shape index (κ2) is 6.42. The van der Waals surface area contributed by atoms with E-state index in [0.29, 0.717) is 5.92 Å². The van der Waals surface area contributed by atoms with Crippen LogP contribution in [0.15, 0.2) is 0 Å². The molecule has 0 aromatic heterocycles. The Morgan fingerprint density at radius 1 is 1.15 bits per heavy atom. The minimum Gasteiger partial charge on any atom is -0.393 e. The average Bonchev–Trinajstić information content (AvgIpc) is 2.19. The van der Waals surface area contributed by atoms with Gasteiger partial charge in [-0.25, -0.2) is 0 Å². The SMILES string of the molecule is CCCCCC(O)C1CCCCC1. The highest BCUT2D eigenvalue weighted by atomic mass is 16.3. The van der Waals surface area contributed by atoms with Crippen LogP contribution in [-0.2, 0) is 0 Å². The molecule has 0 saturated heterocycles. The molecule has 13 heavy (non-hydrogen) atoms. The highest BCUT2D eigenvalue weighted by Gasteiger charge is 2.20. The third-order valence-corrected chi connectivity index (χ3v) is 3.30. The Labute approximate surface area is 82.5 Å². The zero-order valence-corrected chi connectivity index (χ0v) is 8.97. The molecule has 78 valence electrons. The van der Waals surface area contributed by atoms with Crippen molar-refractivity contribution in [2.75, 3.05) is 0 Å². The van der Waals surface area contributed by atoms with E-state index in [2.05, 4.69) is 6.92 Å². The summed E-state index contributed by atoms with van der Waals surface area (Å²) in [4.78, 5) is 0. The van der Waals surface area contributed by atoms with Gasteiger partial charge in [-0.2, -0.15) is 0 Å². The van der Waals surface area contributed by atoms with Crippen LogP contribution < -0.4 is 0 Å². The van der Waals surface area contributed by atoms with Crippen molar-refractivity contribution in [3.05, 3.63) is 0 Å². The normalized spacial score (nSPS) is 21.7. The molecule has 1 atom stereocenters. The smallest absolute Gasteiger partial charge is 0.0568 e. The summed E-state index contributed by atoms with van der Waals surface area (Å²) in [5.74, 6) is 0.630. The summed E-state index contributed by atoms with van der Waals surface area (Å²) < 4.78 is 0. The van der Waals surface area contributed by atoms with Gasteiger partial charge in [-0.3, -0.25) is 0 Å². The molecule has 1 fully saturated rings. The molecule has 1 aliphatic carbocycles. The van der Waals surface area contributed by atoms with Gasteiger partial charge in [0, 0.05) is 0 Å². The maximum absolute atomic E-state index is 9.90. The minimum atomic E-state index is 0.00634. The van der Waals surface area contributed by atoms with Crippen LogP contribution in [0, 0.1) is 5.92 Å². The first-order chi connectivity index (χ1) is 6.34. The van der Waals surface area contributed by atoms with Crippen LogP contribution in [0.2, 0.25) is 0 Å². The molecule has 0 aliphatic heterocycles. The summed E-state index contributed by atoms with van der Waals surface area (Å²) in [5, 5.41) is 9.90. The largest absolute Gasteiger partial charge is 0.393 e. The Balaban J connectivity index is 2.09. The van der Waals surface area contributed by atoms with Crippen molar-refractivity contribution < 1.29 is 5.11 Å². The van der Waals surface area contributed by atoms with E-state index in [1.54, 1.807) is 0 Å². The van der Waals surface area contributed by atoms with Crippen molar-refractivity contribution >= 4 is 0 Å². The molecule has 1 unspecified atom stereocenters. The van der Waals surface area contributed by atoms with Gasteiger partial charge in [0.15, 0.2) is 0 Å². The molecule has 1 N–H and O–H groups in total. The Morgan fingerprint density at radius 3 is 2.46 bits per heavy atom. The van der Waals surface area contributed by atoms with Crippen molar-refractivity contribution in [3.8, 4) is 0 Å². The lowest BCUT2D eigenvalue weighted by Gasteiger charge is -2.26. The van der Waals surface area contributed by atoms with Crippen LogP contribution in [0.3, 0.4) is 0 Å². The number of aliphatic hydroxyl groups is 1. The predicted octanol–water partition coefficient (Wildman–Crippen LogP) is 3.51. The van der Waals surface area contributed by atoms with Crippen molar-refractivity contribution in [2.24, 2.45) is 5.92 Å². The fourth-order valence-electron chi connectivity index (χ4n) is 2.36. The van der Waals surface area contributed by atoms with Crippen LogP contribution in [0.4, 0.5) is 0 Å². The van der Waals surface area contributed by atoms with Crippen LogP contribution in [0.25, 0.3) is 0 Å². The first-order valence-corrected chi connectivity index (χ1v) is 6.02. The summed E-state index contributed by atoms with van der Waals surface area (Å²) in [6.45, 7) is 2.22. The van der Waals surface area contributed by atoms with E-state index < -0.39 is 0 Å². The zero-order valence-electron chi connectivity index (χ0n) is 8.97. The van der Waals surface area contributed by atoms with Crippen molar-refractivity contribution in [3.63, 3.8) is 0 Å². The summed E-state index contributed by atoms with van der Waals surface area (Å²) >= 11 is 0. The Kier molecular flexibility index (Phi) is 5.45. The van der Waals surface area contributed by atoms with Gasteiger partial charge in [-0.05, 0) is 25.2 Å². The maximum Gasteiger partial charge on any atom is 0.0568 e. The van der Waals surface area contributed by atoms with Crippen molar-refractivity contribution in [1.82, 2.24) is 0 Å². The monoisotopic (exact) mass is 184 g/mol. The first-order valence-electron chi connectivity index (χ1n) is 6.02. The number of unbranched alkanes of at least 4 members (excludes halogenated alkanes) is 2. The zero-order chi connectivity index (χ0) is 9.52. The molecule has 0 radical (unpaired) electrons. The number of hydrogen-bond acceptors (Lipinski definition) is 1. The molecular weight excluding hydrogens is 160 g/mol. The quantitative estimate of drug-likeness (QED) is 0.648. The van der Waals surface area contributed by atoms with E-state index in [4.69, 9.17) is 0 Å². The summed E-state index contributed by atoms with van der Waals surface area (Å²) in [6.07, 6.45) is 11.4. The summed E-state index contributed by atoms with van der Waals surface area (Å²) in [6, 6.07) is 0. The molecule has 1 saturated carbocycles. The third-order valence-electron chi connectivity index (χ3n) is 3.30. The first kappa shape index (κ1) is 11.0. The van der Waals surface area contributed by atoms with Crippen LogP contribution in [-0.4, -0.2) is 11.2 Å². The molecule has 0 aromatic rings. The van der Waals surface area contributed by atoms with Gasteiger partial charge in [0.2, 0.25) is 0 Å². The van der Waals surface area contributed by atoms with Crippen molar-refractivity contribution in [1.29, 1.82) is 0 Å². The highest BCUT2D eigenvalue weighted by molar-refractivity contribution is 4.72. The van der Waals surface area contributed by atoms with Crippen LogP contribution in [0.5, 0.6) is 0 Å². The second-order valence-corrected chi connectivity index (χ2v) is 4.46. The summed E-state index contributed by atoms with van der Waals surface area (Å²) in [5.41, 5.74) is 0. The van der Waals surface area contributed by atoms with Gasteiger partial charge in [0.25, 0.3) is 0 Å². The lowest BCUT2D eigenvalue weighted by Crippen LogP contribution is -2.22. The van der Waals surface area contributed by atoms with E-state index in [1.165, 1.54) is 51.4 Å². The molecule has 1 rings (SSSR count). The van der Waals surface area contributed by atoms with Crippen molar-refractivity contribution in [2.45, 2.75) is 70.8 Å². The second-order valence-electron chi connectivity index (χ2n) is 4.46. The fraction of sp³-hybridized carbons (Fsp3) is 1.00. The van der Waals surface area contributed by atoms with Gasteiger partial charge in [-0.15, -0.1) is 0 Å².